The topological polar surface area (TPSA) is 62.5 Å². The molecule has 0 unspecified atom stereocenters. The van der Waals surface area contributed by atoms with E-state index in [9.17, 15) is 14.7 Å². The molecule has 1 saturated heterocycles. The molecule has 0 spiro atoms. The third-order valence-corrected chi connectivity index (χ3v) is 5.17. The number of hydrogen-bond acceptors (Lipinski definition) is 4. The molecule has 1 aromatic heterocycles. The van der Waals surface area contributed by atoms with E-state index in [1.165, 1.54) is 0 Å². The summed E-state index contributed by atoms with van der Waals surface area (Å²) in [6, 6.07) is 16.1. The highest BCUT2D eigenvalue weighted by Crippen LogP contribution is 2.29. The first-order chi connectivity index (χ1) is 11.6. The Kier molecular flexibility index (Phi) is 3.78. The summed E-state index contributed by atoms with van der Waals surface area (Å²) in [6.45, 7) is 0.362. The monoisotopic (exact) mass is 340 g/mol. The average molecular weight is 340 g/mol. The SMILES string of the molecule is O=C1CSC(=O)N1C[C@H](O)Cn1c2ccccc2c2ccccc21. The van der Waals surface area contributed by atoms with Crippen molar-refractivity contribution >= 4 is 44.7 Å². The van der Waals surface area contributed by atoms with Crippen LogP contribution in [0.2, 0.25) is 0 Å². The molecule has 6 heteroatoms. The summed E-state index contributed by atoms with van der Waals surface area (Å²) in [7, 11) is 0. The van der Waals surface area contributed by atoms with Gasteiger partial charge in [0.25, 0.3) is 5.24 Å². The number of thioether (sulfide) groups is 1. The number of carbonyl (C=O) groups excluding carboxylic acids is 2. The highest BCUT2D eigenvalue weighted by atomic mass is 32.2. The average Bonchev–Trinajstić information content (AvgIpc) is 3.08. The summed E-state index contributed by atoms with van der Waals surface area (Å²) in [5, 5.41) is 12.4. The maximum absolute atomic E-state index is 11.7. The largest absolute Gasteiger partial charge is 0.389 e. The van der Waals surface area contributed by atoms with Crippen molar-refractivity contribution in [3.8, 4) is 0 Å². The van der Waals surface area contributed by atoms with Crippen LogP contribution in [0, 0.1) is 0 Å². The van der Waals surface area contributed by atoms with Crippen molar-refractivity contribution in [3.05, 3.63) is 48.5 Å². The molecule has 1 aliphatic heterocycles. The fourth-order valence-corrected chi connectivity index (χ4v) is 3.97. The number of nitrogens with zero attached hydrogens (tertiary/aromatic N) is 2. The van der Waals surface area contributed by atoms with Crippen molar-refractivity contribution < 1.29 is 14.7 Å². The van der Waals surface area contributed by atoms with Crippen LogP contribution in [0.4, 0.5) is 4.79 Å². The number of aromatic nitrogens is 1. The zero-order chi connectivity index (χ0) is 16.7. The minimum atomic E-state index is -0.809. The number of para-hydroxylation sites is 2. The van der Waals surface area contributed by atoms with E-state index in [1.54, 1.807) is 0 Å². The van der Waals surface area contributed by atoms with Gasteiger partial charge in [0.15, 0.2) is 0 Å². The van der Waals surface area contributed by atoms with Gasteiger partial charge in [0.05, 0.1) is 24.9 Å². The molecule has 0 aliphatic carbocycles. The Morgan fingerprint density at radius 2 is 1.54 bits per heavy atom. The van der Waals surface area contributed by atoms with Crippen LogP contribution in [-0.2, 0) is 11.3 Å². The zero-order valence-electron chi connectivity index (χ0n) is 12.9. The summed E-state index contributed by atoms with van der Waals surface area (Å²) in [4.78, 5) is 24.6. The van der Waals surface area contributed by atoms with Gasteiger partial charge in [-0.3, -0.25) is 14.5 Å². The van der Waals surface area contributed by atoms with E-state index in [1.807, 2.05) is 41.0 Å². The lowest BCUT2D eigenvalue weighted by Crippen LogP contribution is -2.37. The Morgan fingerprint density at radius 3 is 2.08 bits per heavy atom. The Balaban J connectivity index is 1.68. The second kappa shape index (κ2) is 5.96. The van der Waals surface area contributed by atoms with Crippen molar-refractivity contribution in [2.24, 2.45) is 0 Å². The van der Waals surface area contributed by atoms with Gasteiger partial charge in [-0.2, -0.15) is 0 Å². The molecular weight excluding hydrogens is 324 g/mol. The third-order valence-electron chi connectivity index (χ3n) is 4.31. The van der Waals surface area contributed by atoms with Gasteiger partial charge in [0.2, 0.25) is 5.91 Å². The van der Waals surface area contributed by atoms with Gasteiger partial charge in [-0.25, -0.2) is 0 Å². The first-order valence-electron chi connectivity index (χ1n) is 7.76. The van der Waals surface area contributed by atoms with Crippen molar-refractivity contribution in [3.63, 3.8) is 0 Å². The third kappa shape index (κ3) is 2.48. The van der Waals surface area contributed by atoms with Crippen molar-refractivity contribution in [1.29, 1.82) is 0 Å². The van der Waals surface area contributed by atoms with Gasteiger partial charge < -0.3 is 9.67 Å². The van der Waals surface area contributed by atoms with Gasteiger partial charge >= 0.3 is 0 Å². The van der Waals surface area contributed by atoms with Crippen LogP contribution in [0.5, 0.6) is 0 Å². The van der Waals surface area contributed by atoms with Crippen molar-refractivity contribution in [2.45, 2.75) is 12.6 Å². The molecule has 1 N–H and O–H groups in total. The molecule has 24 heavy (non-hydrogen) atoms. The van der Waals surface area contributed by atoms with Crippen LogP contribution in [0.3, 0.4) is 0 Å². The fraction of sp³-hybridized carbons (Fsp3) is 0.222. The maximum Gasteiger partial charge on any atom is 0.288 e. The minimum absolute atomic E-state index is 0.0332. The Morgan fingerprint density at radius 1 is 0.958 bits per heavy atom. The highest BCUT2D eigenvalue weighted by molar-refractivity contribution is 8.14. The molecule has 2 amide bonds. The van der Waals surface area contributed by atoms with Crippen LogP contribution in [0.1, 0.15) is 0 Å². The number of aliphatic hydroxyl groups excluding tert-OH is 1. The van der Waals surface area contributed by atoms with Gasteiger partial charge in [0, 0.05) is 21.8 Å². The van der Waals surface area contributed by atoms with Gasteiger partial charge in [-0.05, 0) is 12.1 Å². The number of aliphatic hydroxyl groups is 1. The predicted molar refractivity (Wildman–Crippen MR) is 95.0 cm³/mol. The van der Waals surface area contributed by atoms with Gasteiger partial charge in [-0.1, -0.05) is 48.2 Å². The van der Waals surface area contributed by atoms with Crippen LogP contribution < -0.4 is 0 Å². The number of benzene rings is 2. The number of rotatable bonds is 4. The van der Waals surface area contributed by atoms with E-state index in [2.05, 4.69) is 12.1 Å². The minimum Gasteiger partial charge on any atom is -0.389 e. The molecule has 2 heterocycles. The molecule has 3 aromatic rings. The number of hydrogen-bond donors (Lipinski definition) is 1. The van der Waals surface area contributed by atoms with Crippen LogP contribution in [0.25, 0.3) is 21.8 Å². The van der Waals surface area contributed by atoms with Crippen LogP contribution >= 0.6 is 11.8 Å². The molecule has 4 rings (SSSR count). The summed E-state index contributed by atoms with van der Waals surface area (Å²) < 4.78 is 2.05. The summed E-state index contributed by atoms with van der Waals surface area (Å²) in [5.41, 5.74) is 2.07. The molecule has 0 saturated carbocycles. The molecule has 1 fully saturated rings. The lowest BCUT2D eigenvalue weighted by Gasteiger charge is -2.19. The van der Waals surface area contributed by atoms with Crippen molar-refractivity contribution in [2.75, 3.05) is 12.3 Å². The van der Waals surface area contributed by atoms with E-state index in [-0.39, 0.29) is 23.4 Å². The number of amides is 2. The van der Waals surface area contributed by atoms with E-state index >= 15 is 0 Å². The lowest BCUT2D eigenvalue weighted by molar-refractivity contribution is -0.125. The lowest BCUT2D eigenvalue weighted by atomic mass is 10.2. The standard InChI is InChI=1S/C18H16N2O3S/c21-12(10-20-17(22)11-24-18(20)23)9-19-15-7-3-1-5-13(15)14-6-2-4-8-16(14)19/h1-8,12,21H,9-11H2/t12-/m1/s1. The van der Waals surface area contributed by atoms with Crippen LogP contribution in [0.15, 0.2) is 48.5 Å². The van der Waals surface area contributed by atoms with Gasteiger partial charge in [-0.15, -0.1) is 0 Å². The normalized spacial score (nSPS) is 16.5. The van der Waals surface area contributed by atoms with E-state index in [0.717, 1.165) is 38.5 Å². The number of β-amino-alcohol motifs (C(OH)–C–C–N with tert-alkyl or cyclic N) is 1. The Labute approximate surface area is 142 Å². The maximum atomic E-state index is 11.7. The van der Waals surface area contributed by atoms with E-state index in [0.29, 0.717) is 6.54 Å². The molecule has 0 bridgehead atoms. The van der Waals surface area contributed by atoms with Gasteiger partial charge in [0.1, 0.15) is 0 Å². The second-order valence-corrected chi connectivity index (χ2v) is 6.78. The molecular formula is C18H16N2O3S. The van der Waals surface area contributed by atoms with E-state index < -0.39 is 6.10 Å². The van der Waals surface area contributed by atoms with Crippen LogP contribution in [-0.4, -0.2) is 44.1 Å². The molecule has 0 radical (unpaired) electrons. The smallest absolute Gasteiger partial charge is 0.288 e. The Bertz CT molecular complexity index is 880. The number of imide groups is 1. The number of fused-ring (bicyclic) bond motifs is 3. The molecule has 2 aromatic carbocycles. The first kappa shape index (κ1) is 15.2. The quantitative estimate of drug-likeness (QED) is 0.793. The molecule has 1 atom stereocenters. The summed E-state index contributed by atoms with van der Waals surface area (Å²) in [5.74, 6) is -0.0627. The first-order valence-corrected chi connectivity index (χ1v) is 8.75. The highest BCUT2D eigenvalue weighted by Gasteiger charge is 2.31. The molecule has 1 aliphatic rings. The zero-order valence-corrected chi connectivity index (χ0v) is 13.7. The molecule has 122 valence electrons. The van der Waals surface area contributed by atoms with E-state index in [4.69, 9.17) is 0 Å². The van der Waals surface area contributed by atoms with Crippen molar-refractivity contribution in [1.82, 2.24) is 9.47 Å². The fourth-order valence-electron chi connectivity index (χ4n) is 3.24. The predicted octanol–water partition coefficient (Wildman–Crippen LogP) is 2.85. The second-order valence-electron chi connectivity index (χ2n) is 5.86. The summed E-state index contributed by atoms with van der Waals surface area (Å²) >= 11 is 0.988. The Hall–Kier alpha value is -2.31. The molecule has 5 nitrogen and oxygen atoms in total. The number of carbonyl (C=O) groups is 2. The summed E-state index contributed by atoms with van der Waals surface area (Å²) in [6.07, 6.45) is -0.809.